The number of hydrogen-bond acceptors (Lipinski definition) is 4. The number of sulfonamides is 1. The van der Waals surface area contributed by atoms with Crippen molar-refractivity contribution in [2.45, 2.75) is 12.8 Å². The second kappa shape index (κ2) is 9.36. The molecule has 0 saturated carbocycles. The van der Waals surface area contributed by atoms with Gasteiger partial charge < -0.3 is 5.11 Å². The van der Waals surface area contributed by atoms with Crippen LogP contribution in [-0.2, 0) is 16.4 Å². The van der Waals surface area contributed by atoms with Gasteiger partial charge in [-0.1, -0.05) is 30.3 Å². The topological polar surface area (TPSA) is 66.4 Å². The van der Waals surface area contributed by atoms with E-state index in [0.29, 0.717) is 13.0 Å². The highest BCUT2D eigenvalue weighted by molar-refractivity contribution is 7.99. The molecule has 0 atom stereocenters. The number of aryl methyl sites for hydroxylation is 1. The minimum absolute atomic E-state index is 0.123. The third kappa shape index (κ3) is 8.26. The Morgan fingerprint density at radius 3 is 2.58 bits per heavy atom. The van der Waals surface area contributed by atoms with Crippen LogP contribution in [0.15, 0.2) is 30.3 Å². The normalized spacial score (nSPS) is 11.6. The fourth-order valence-electron chi connectivity index (χ4n) is 1.51. The molecule has 108 valence electrons. The molecule has 0 aromatic heterocycles. The number of benzene rings is 1. The average molecular weight is 303 g/mol. The van der Waals surface area contributed by atoms with E-state index in [9.17, 15) is 8.42 Å². The first-order valence-electron chi connectivity index (χ1n) is 6.34. The fraction of sp³-hybridized carbons (Fsp3) is 0.538. The Morgan fingerprint density at radius 2 is 1.89 bits per heavy atom. The molecule has 0 aliphatic carbocycles. The molecule has 0 fully saturated rings. The lowest BCUT2D eigenvalue weighted by Gasteiger charge is -2.06. The summed E-state index contributed by atoms with van der Waals surface area (Å²) in [7, 11) is -3.19. The maximum Gasteiger partial charge on any atom is 0.211 e. The Morgan fingerprint density at radius 1 is 1.16 bits per heavy atom. The lowest BCUT2D eigenvalue weighted by Crippen LogP contribution is -2.29. The van der Waals surface area contributed by atoms with Gasteiger partial charge in [0.1, 0.15) is 0 Å². The van der Waals surface area contributed by atoms with Crippen molar-refractivity contribution in [3.8, 4) is 0 Å². The van der Waals surface area contributed by atoms with E-state index in [2.05, 4.69) is 4.72 Å². The predicted molar refractivity (Wildman–Crippen MR) is 81.0 cm³/mol. The highest BCUT2D eigenvalue weighted by atomic mass is 32.2. The molecule has 0 aliphatic heterocycles. The number of aliphatic hydroxyl groups excluding tert-OH is 1. The molecule has 0 unspecified atom stereocenters. The van der Waals surface area contributed by atoms with E-state index in [1.54, 1.807) is 11.8 Å². The van der Waals surface area contributed by atoms with Crippen LogP contribution in [0.4, 0.5) is 0 Å². The van der Waals surface area contributed by atoms with Crippen LogP contribution in [-0.4, -0.2) is 43.9 Å². The second-order valence-corrected chi connectivity index (χ2v) is 7.29. The Kier molecular flexibility index (Phi) is 8.13. The lowest BCUT2D eigenvalue weighted by atomic mass is 10.2. The summed E-state index contributed by atoms with van der Waals surface area (Å²) in [6, 6.07) is 9.60. The zero-order valence-electron chi connectivity index (χ0n) is 10.9. The van der Waals surface area contributed by atoms with E-state index < -0.39 is 10.0 Å². The van der Waals surface area contributed by atoms with Crippen LogP contribution in [0.3, 0.4) is 0 Å². The monoisotopic (exact) mass is 303 g/mol. The minimum Gasteiger partial charge on any atom is -0.396 e. The molecule has 0 amide bonds. The molecule has 0 spiro atoms. The van der Waals surface area contributed by atoms with Gasteiger partial charge >= 0.3 is 0 Å². The molecule has 2 N–H and O–H groups in total. The maximum atomic E-state index is 11.7. The summed E-state index contributed by atoms with van der Waals surface area (Å²) in [4.78, 5) is 0. The van der Waals surface area contributed by atoms with E-state index in [0.717, 1.165) is 23.5 Å². The summed E-state index contributed by atoms with van der Waals surface area (Å²) in [6.45, 7) is 0.642. The van der Waals surface area contributed by atoms with Crippen LogP contribution in [0.5, 0.6) is 0 Å². The van der Waals surface area contributed by atoms with E-state index in [4.69, 9.17) is 5.11 Å². The summed E-state index contributed by atoms with van der Waals surface area (Å²) in [6.07, 6.45) is 1.29. The third-order valence-corrected chi connectivity index (χ3v) is 4.97. The van der Waals surface area contributed by atoms with Crippen molar-refractivity contribution in [2.24, 2.45) is 0 Å². The van der Waals surface area contributed by atoms with Gasteiger partial charge in [-0.15, -0.1) is 0 Å². The average Bonchev–Trinajstić information content (AvgIpc) is 2.42. The minimum atomic E-state index is -3.19. The first kappa shape index (κ1) is 16.5. The van der Waals surface area contributed by atoms with Gasteiger partial charge in [-0.25, -0.2) is 13.1 Å². The van der Waals surface area contributed by atoms with Gasteiger partial charge in [-0.05, 0) is 24.2 Å². The van der Waals surface area contributed by atoms with Gasteiger partial charge in [0.2, 0.25) is 10.0 Å². The van der Waals surface area contributed by atoms with Crippen molar-refractivity contribution in [1.29, 1.82) is 0 Å². The molecule has 19 heavy (non-hydrogen) atoms. The summed E-state index contributed by atoms with van der Waals surface area (Å²) in [5.41, 5.74) is 1.03. The Hall–Kier alpha value is -0.560. The Labute approximate surface area is 119 Å². The van der Waals surface area contributed by atoms with E-state index in [-0.39, 0.29) is 12.4 Å². The van der Waals surface area contributed by atoms with Crippen molar-refractivity contribution in [3.05, 3.63) is 35.9 Å². The SMILES string of the molecule is O=S(=O)(CCc1ccccc1)NCCSCCCO. The molecule has 0 saturated heterocycles. The molecule has 1 aromatic rings. The second-order valence-electron chi connectivity index (χ2n) is 4.14. The summed E-state index contributed by atoms with van der Waals surface area (Å²) >= 11 is 1.65. The highest BCUT2D eigenvalue weighted by Crippen LogP contribution is 2.03. The molecule has 4 nitrogen and oxygen atoms in total. The van der Waals surface area contributed by atoms with Crippen LogP contribution >= 0.6 is 11.8 Å². The van der Waals surface area contributed by atoms with Crippen molar-refractivity contribution in [1.82, 2.24) is 4.72 Å². The molecular weight excluding hydrogens is 282 g/mol. The van der Waals surface area contributed by atoms with E-state index in [1.165, 1.54) is 0 Å². The van der Waals surface area contributed by atoms with Gasteiger partial charge in [0.15, 0.2) is 0 Å². The molecule has 0 heterocycles. The summed E-state index contributed by atoms with van der Waals surface area (Å²) < 4.78 is 26.1. The first-order chi connectivity index (χ1) is 9.14. The fourth-order valence-corrected chi connectivity index (χ4v) is 3.48. The van der Waals surface area contributed by atoms with Gasteiger partial charge in [-0.2, -0.15) is 11.8 Å². The molecule has 0 radical (unpaired) electrons. The quantitative estimate of drug-likeness (QED) is 0.639. The number of nitrogens with one attached hydrogen (secondary N) is 1. The summed E-state index contributed by atoms with van der Waals surface area (Å²) in [5.74, 6) is 1.73. The van der Waals surface area contributed by atoms with Crippen LogP contribution in [0.25, 0.3) is 0 Å². The van der Waals surface area contributed by atoms with Gasteiger partial charge in [0, 0.05) is 18.9 Å². The molecule has 0 bridgehead atoms. The predicted octanol–water partition coefficient (Wildman–Crippen LogP) is 1.26. The number of hydrogen-bond donors (Lipinski definition) is 2. The molecule has 6 heteroatoms. The van der Waals surface area contributed by atoms with Gasteiger partial charge in [0.25, 0.3) is 0 Å². The smallest absolute Gasteiger partial charge is 0.211 e. The van der Waals surface area contributed by atoms with Crippen molar-refractivity contribution in [2.75, 3.05) is 30.4 Å². The Balaban J connectivity index is 2.17. The first-order valence-corrected chi connectivity index (χ1v) is 9.14. The zero-order chi connectivity index (χ0) is 14.0. The third-order valence-electron chi connectivity index (χ3n) is 2.52. The lowest BCUT2D eigenvalue weighted by molar-refractivity contribution is 0.296. The van der Waals surface area contributed by atoms with Gasteiger partial charge in [-0.3, -0.25) is 0 Å². The molecule has 1 aromatic carbocycles. The van der Waals surface area contributed by atoms with E-state index >= 15 is 0 Å². The van der Waals surface area contributed by atoms with Crippen LogP contribution in [0.1, 0.15) is 12.0 Å². The standard InChI is InChI=1S/C13H21NO3S2/c15-9-4-10-18-11-8-14-19(16,17)12-7-13-5-2-1-3-6-13/h1-3,5-6,14-15H,4,7-12H2. The largest absolute Gasteiger partial charge is 0.396 e. The number of thioether (sulfide) groups is 1. The number of rotatable bonds is 10. The van der Waals surface area contributed by atoms with Crippen LogP contribution < -0.4 is 4.72 Å². The number of aliphatic hydroxyl groups is 1. The highest BCUT2D eigenvalue weighted by Gasteiger charge is 2.09. The zero-order valence-corrected chi connectivity index (χ0v) is 12.5. The van der Waals surface area contributed by atoms with Crippen molar-refractivity contribution < 1.29 is 13.5 Å². The van der Waals surface area contributed by atoms with Gasteiger partial charge in [0.05, 0.1) is 5.75 Å². The van der Waals surface area contributed by atoms with Crippen LogP contribution in [0, 0.1) is 0 Å². The molecular formula is C13H21NO3S2. The van der Waals surface area contributed by atoms with Crippen molar-refractivity contribution >= 4 is 21.8 Å². The van der Waals surface area contributed by atoms with E-state index in [1.807, 2.05) is 30.3 Å². The maximum absolute atomic E-state index is 11.7. The summed E-state index contributed by atoms with van der Waals surface area (Å²) in [5, 5.41) is 8.61. The molecule has 1 rings (SSSR count). The van der Waals surface area contributed by atoms with Crippen molar-refractivity contribution in [3.63, 3.8) is 0 Å². The van der Waals surface area contributed by atoms with Crippen LogP contribution in [0.2, 0.25) is 0 Å². The Bertz CT molecular complexity index is 434. The molecule has 0 aliphatic rings.